The Morgan fingerprint density at radius 2 is 2.14 bits per heavy atom. The molecule has 0 amide bonds. The van der Waals surface area contributed by atoms with Crippen LogP contribution in [0.3, 0.4) is 0 Å². The summed E-state index contributed by atoms with van der Waals surface area (Å²) in [4.78, 5) is 6.69. The van der Waals surface area contributed by atoms with Gasteiger partial charge >= 0.3 is 0 Å². The van der Waals surface area contributed by atoms with Gasteiger partial charge in [-0.05, 0) is 31.9 Å². The van der Waals surface area contributed by atoms with E-state index in [-0.39, 0.29) is 36.3 Å². The Labute approximate surface area is 142 Å². The number of rotatable bonds is 3. The minimum atomic E-state index is -0.370. The number of hydrogen-bond acceptors (Lipinski definition) is 2. The molecule has 1 aliphatic rings. The number of hydrogen-bond donors (Lipinski definition) is 1. The van der Waals surface area contributed by atoms with Crippen molar-refractivity contribution in [3.05, 3.63) is 35.1 Å². The maximum absolute atomic E-state index is 13.8. The normalized spacial score (nSPS) is 14.5. The largest absolute Gasteiger partial charge is 0.357 e. The van der Waals surface area contributed by atoms with Crippen LogP contribution in [-0.2, 0) is 6.54 Å². The molecule has 1 aliphatic heterocycles. The second kappa shape index (κ2) is 8.82. The summed E-state index contributed by atoms with van der Waals surface area (Å²) in [6.45, 7) is 5.11. The molecule has 114 valence electrons. The number of nitrogens with zero attached hydrogens (tertiary/aromatic N) is 3. The number of guanidine groups is 1. The molecule has 0 spiro atoms. The summed E-state index contributed by atoms with van der Waals surface area (Å²) in [6.07, 6.45) is 2.35. The van der Waals surface area contributed by atoms with Crippen molar-refractivity contribution in [1.29, 1.82) is 5.26 Å². The van der Waals surface area contributed by atoms with Gasteiger partial charge in [0.1, 0.15) is 5.82 Å². The van der Waals surface area contributed by atoms with E-state index in [9.17, 15) is 4.39 Å². The standard InChI is InChI=1S/C15H19FN4.HI/c1-2-18-15(20-7-3-4-8-20)19-11-13-6-5-12(10-17)9-14(13)16;/h5-6,9H,2-4,7-8,11H2,1H3,(H,18,19);1H. The molecule has 0 saturated carbocycles. The summed E-state index contributed by atoms with van der Waals surface area (Å²) >= 11 is 0. The SMILES string of the molecule is CCNC(=NCc1ccc(C#N)cc1F)N1CCCC1.I. The van der Waals surface area contributed by atoms with E-state index >= 15 is 0 Å². The summed E-state index contributed by atoms with van der Waals surface area (Å²) in [5.74, 6) is 0.471. The van der Waals surface area contributed by atoms with Gasteiger partial charge in [-0.25, -0.2) is 9.38 Å². The van der Waals surface area contributed by atoms with E-state index in [0.29, 0.717) is 11.1 Å². The monoisotopic (exact) mass is 402 g/mol. The molecule has 1 aromatic carbocycles. The molecule has 0 radical (unpaired) electrons. The fourth-order valence-corrected chi connectivity index (χ4v) is 2.26. The third kappa shape index (κ3) is 4.84. The van der Waals surface area contributed by atoms with Crippen LogP contribution in [-0.4, -0.2) is 30.5 Å². The van der Waals surface area contributed by atoms with Crippen LogP contribution in [0.15, 0.2) is 23.2 Å². The molecular weight excluding hydrogens is 382 g/mol. The van der Waals surface area contributed by atoms with E-state index in [2.05, 4.69) is 15.2 Å². The van der Waals surface area contributed by atoms with Crippen LogP contribution in [0.4, 0.5) is 4.39 Å². The molecule has 21 heavy (non-hydrogen) atoms. The summed E-state index contributed by atoms with van der Waals surface area (Å²) in [6, 6.07) is 6.44. The minimum absolute atomic E-state index is 0. The lowest BCUT2D eigenvalue weighted by molar-refractivity contribution is 0.493. The summed E-state index contributed by atoms with van der Waals surface area (Å²) in [7, 11) is 0. The lowest BCUT2D eigenvalue weighted by Crippen LogP contribution is -2.39. The molecule has 1 fully saturated rings. The molecule has 1 saturated heterocycles. The van der Waals surface area contributed by atoms with Crippen LogP contribution < -0.4 is 5.32 Å². The molecule has 4 nitrogen and oxygen atoms in total. The quantitative estimate of drug-likeness (QED) is 0.481. The molecule has 0 aromatic heterocycles. The van der Waals surface area contributed by atoms with Crippen molar-refractivity contribution in [2.24, 2.45) is 4.99 Å². The van der Waals surface area contributed by atoms with E-state index < -0.39 is 0 Å². The van der Waals surface area contributed by atoms with Gasteiger partial charge in [0.2, 0.25) is 0 Å². The molecule has 1 heterocycles. The summed E-state index contributed by atoms with van der Waals surface area (Å²) < 4.78 is 13.8. The first-order valence-corrected chi connectivity index (χ1v) is 6.96. The number of nitriles is 1. The Kier molecular flexibility index (Phi) is 7.43. The van der Waals surface area contributed by atoms with Crippen molar-refractivity contribution in [2.75, 3.05) is 19.6 Å². The van der Waals surface area contributed by atoms with E-state index in [0.717, 1.165) is 25.6 Å². The van der Waals surface area contributed by atoms with E-state index in [4.69, 9.17) is 5.26 Å². The first kappa shape index (κ1) is 17.7. The number of likely N-dealkylation sites (tertiary alicyclic amines) is 1. The molecule has 2 rings (SSSR count). The molecule has 0 bridgehead atoms. The van der Waals surface area contributed by atoms with Gasteiger partial charge in [-0.2, -0.15) is 5.26 Å². The van der Waals surface area contributed by atoms with Crippen molar-refractivity contribution in [2.45, 2.75) is 26.3 Å². The third-order valence-corrected chi connectivity index (χ3v) is 3.32. The highest BCUT2D eigenvalue weighted by atomic mass is 127. The first-order valence-electron chi connectivity index (χ1n) is 6.96. The van der Waals surface area contributed by atoms with Crippen LogP contribution in [0.5, 0.6) is 0 Å². The van der Waals surface area contributed by atoms with Crippen molar-refractivity contribution < 1.29 is 4.39 Å². The van der Waals surface area contributed by atoms with Crippen LogP contribution >= 0.6 is 24.0 Å². The minimum Gasteiger partial charge on any atom is -0.357 e. The van der Waals surface area contributed by atoms with Crippen molar-refractivity contribution in [3.63, 3.8) is 0 Å². The van der Waals surface area contributed by atoms with Gasteiger partial charge < -0.3 is 10.2 Å². The van der Waals surface area contributed by atoms with Gasteiger partial charge in [0.05, 0.1) is 18.2 Å². The highest BCUT2D eigenvalue weighted by Crippen LogP contribution is 2.12. The molecule has 6 heteroatoms. The van der Waals surface area contributed by atoms with Crippen LogP contribution in [0, 0.1) is 17.1 Å². The Morgan fingerprint density at radius 3 is 2.71 bits per heavy atom. The molecule has 1 aromatic rings. The average molecular weight is 402 g/mol. The maximum atomic E-state index is 13.8. The van der Waals surface area contributed by atoms with Gasteiger partial charge in [0.15, 0.2) is 5.96 Å². The average Bonchev–Trinajstić information content (AvgIpc) is 2.98. The predicted molar refractivity (Wildman–Crippen MR) is 92.2 cm³/mol. The zero-order valence-electron chi connectivity index (χ0n) is 12.1. The zero-order chi connectivity index (χ0) is 14.4. The molecule has 1 N–H and O–H groups in total. The summed E-state index contributed by atoms with van der Waals surface area (Å²) in [5, 5.41) is 12.0. The topological polar surface area (TPSA) is 51.4 Å². The lowest BCUT2D eigenvalue weighted by Gasteiger charge is -2.20. The Hall–Kier alpha value is -1.36. The van der Waals surface area contributed by atoms with Crippen LogP contribution in [0.25, 0.3) is 0 Å². The van der Waals surface area contributed by atoms with E-state index in [1.165, 1.54) is 18.9 Å². The van der Waals surface area contributed by atoms with Crippen molar-refractivity contribution >= 4 is 29.9 Å². The van der Waals surface area contributed by atoms with Gasteiger partial charge in [-0.15, -0.1) is 24.0 Å². The van der Waals surface area contributed by atoms with Gasteiger partial charge in [0, 0.05) is 25.2 Å². The Morgan fingerprint density at radius 1 is 1.43 bits per heavy atom. The van der Waals surface area contributed by atoms with Crippen LogP contribution in [0.2, 0.25) is 0 Å². The predicted octanol–water partition coefficient (Wildman–Crippen LogP) is 2.88. The maximum Gasteiger partial charge on any atom is 0.194 e. The van der Waals surface area contributed by atoms with Crippen LogP contribution in [0.1, 0.15) is 30.9 Å². The Balaban J connectivity index is 0.00000220. The molecule has 0 atom stereocenters. The molecular formula is C15H20FIN4. The smallest absolute Gasteiger partial charge is 0.194 e. The fraction of sp³-hybridized carbons (Fsp3) is 0.467. The van der Waals surface area contributed by atoms with Crippen molar-refractivity contribution in [3.8, 4) is 6.07 Å². The van der Waals surface area contributed by atoms with Gasteiger partial charge in [-0.1, -0.05) is 6.07 Å². The lowest BCUT2D eigenvalue weighted by atomic mass is 10.1. The fourth-order valence-electron chi connectivity index (χ4n) is 2.26. The number of aliphatic imine (C=N–C) groups is 1. The highest BCUT2D eigenvalue weighted by molar-refractivity contribution is 14.0. The third-order valence-electron chi connectivity index (χ3n) is 3.32. The Bertz CT molecular complexity index is 533. The summed E-state index contributed by atoms with van der Waals surface area (Å²) in [5.41, 5.74) is 0.847. The number of benzene rings is 1. The van der Waals surface area contributed by atoms with E-state index in [1.807, 2.05) is 13.0 Å². The second-order valence-electron chi connectivity index (χ2n) is 4.78. The molecule has 0 aliphatic carbocycles. The first-order chi connectivity index (χ1) is 9.74. The van der Waals surface area contributed by atoms with Crippen molar-refractivity contribution in [1.82, 2.24) is 10.2 Å². The van der Waals surface area contributed by atoms with E-state index in [1.54, 1.807) is 12.1 Å². The highest BCUT2D eigenvalue weighted by Gasteiger charge is 2.15. The zero-order valence-corrected chi connectivity index (χ0v) is 14.4. The second-order valence-corrected chi connectivity index (χ2v) is 4.78. The number of nitrogens with one attached hydrogen (secondary N) is 1. The van der Waals surface area contributed by atoms with Gasteiger partial charge in [-0.3, -0.25) is 0 Å². The van der Waals surface area contributed by atoms with Gasteiger partial charge in [0.25, 0.3) is 0 Å². The molecule has 0 unspecified atom stereocenters. The number of halogens is 2.